The highest BCUT2D eigenvalue weighted by Crippen LogP contribution is 2.40. The first-order chi connectivity index (χ1) is 14.0. The summed E-state index contributed by atoms with van der Waals surface area (Å²) in [4.78, 5) is 38.4. The summed E-state index contributed by atoms with van der Waals surface area (Å²) >= 11 is 1.38. The van der Waals surface area contributed by atoms with Crippen molar-refractivity contribution in [2.75, 3.05) is 18.6 Å². The molecule has 1 aliphatic rings. The first kappa shape index (κ1) is 24.2. The summed E-state index contributed by atoms with van der Waals surface area (Å²) < 4.78 is 4.87. The molecule has 0 unspecified atom stereocenters. The van der Waals surface area contributed by atoms with E-state index in [4.69, 9.17) is 15.6 Å². The Bertz CT molecular complexity index is 785. The number of amides is 1. The number of hydrogen-bond donors (Lipinski definition) is 3. The number of aliphatic hydroxyl groups excluding tert-OH is 1. The third kappa shape index (κ3) is 6.45. The first-order valence-corrected chi connectivity index (χ1v) is 10.7. The Morgan fingerprint density at radius 3 is 2.63 bits per heavy atom. The lowest BCUT2D eigenvalue weighted by molar-refractivity contribution is -0.140. The van der Waals surface area contributed by atoms with E-state index in [0.29, 0.717) is 6.42 Å². The van der Waals surface area contributed by atoms with Crippen LogP contribution in [0.1, 0.15) is 39.5 Å². The van der Waals surface area contributed by atoms with Gasteiger partial charge in [0.2, 0.25) is 5.91 Å². The van der Waals surface area contributed by atoms with E-state index >= 15 is 0 Å². The number of aliphatic carboxylic acids is 1. The van der Waals surface area contributed by atoms with Gasteiger partial charge in [-0.25, -0.2) is 0 Å². The standard InChI is InChI=1S/C21H30N2O6S/c1-21(2,10-13(22)15(24)8-9-19(26)27)11-18(25)23-12-17(20(28)29-3)30-16-7-5-4-6-14(16)23/h4-7,13,15,17,24H,8-12,22H2,1-3H3,(H,26,27)/t13-,15-,17+/m0/s1. The van der Waals surface area contributed by atoms with Crippen LogP contribution < -0.4 is 10.6 Å². The van der Waals surface area contributed by atoms with Crippen LogP contribution in [-0.4, -0.2) is 59.1 Å². The van der Waals surface area contributed by atoms with Crippen LogP contribution in [0.5, 0.6) is 0 Å². The number of anilines is 1. The van der Waals surface area contributed by atoms with Crippen LogP contribution in [0.25, 0.3) is 0 Å². The van der Waals surface area contributed by atoms with E-state index in [1.165, 1.54) is 18.9 Å². The number of methoxy groups -OCH3 is 1. The minimum absolute atomic E-state index is 0.0675. The van der Waals surface area contributed by atoms with Crippen molar-refractivity contribution in [3.8, 4) is 0 Å². The lowest BCUT2D eigenvalue weighted by Gasteiger charge is -2.36. The average Bonchev–Trinajstić information content (AvgIpc) is 2.69. The van der Waals surface area contributed by atoms with Gasteiger partial charge < -0.3 is 25.6 Å². The van der Waals surface area contributed by atoms with Gasteiger partial charge in [-0.2, -0.15) is 0 Å². The molecule has 0 aromatic heterocycles. The number of esters is 1. The fourth-order valence-corrected chi connectivity index (χ4v) is 4.74. The summed E-state index contributed by atoms with van der Waals surface area (Å²) in [6.45, 7) is 3.99. The normalized spacial score (nSPS) is 18.3. The Morgan fingerprint density at radius 2 is 2.00 bits per heavy atom. The summed E-state index contributed by atoms with van der Waals surface area (Å²) in [7, 11) is 1.33. The van der Waals surface area contributed by atoms with Crippen molar-refractivity contribution in [2.24, 2.45) is 11.1 Å². The van der Waals surface area contributed by atoms with Crippen molar-refractivity contribution in [3.63, 3.8) is 0 Å². The molecule has 3 atom stereocenters. The molecular weight excluding hydrogens is 408 g/mol. The van der Waals surface area contributed by atoms with Gasteiger partial charge in [-0.15, -0.1) is 11.8 Å². The van der Waals surface area contributed by atoms with E-state index in [0.717, 1.165) is 10.6 Å². The van der Waals surface area contributed by atoms with Crippen molar-refractivity contribution in [3.05, 3.63) is 24.3 Å². The number of hydrogen-bond acceptors (Lipinski definition) is 7. The molecule has 0 bridgehead atoms. The Kier molecular flexibility index (Phi) is 8.28. The molecule has 166 valence electrons. The zero-order valence-corrected chi connectivity index (χ0v) is 18.4. The summed E-state index contributed by atoms with van der Waals surface area (Å²) in [5.74, 6) is -1.51. The largest absolute Gasteiger partial charge is 0.481 e. The number of carboxylic acid groups (broad SMARTS) is 1. The number of para-hydroxylation sites is 1. The number of fused-ring (bicyclic) bond motifs is 1. The van der Waals surface area contributed by atoms with Gasteiger partial charge in [-0.1, -0.05) is 26.0 Å². The van der Waals surface area contributed by atoms with Gasteiger partial charge in [-0.3, -0.25) is 14.4 Å². The Balaban J connectivity index is 2.09. The van der Waals surface area contributed by atoms with E-state index < -0.39 is 28.8 Å². The van der Waals surface area contributed by atoms with Crippen molar-refractivity contribution in [1.29, 1.82) is 0 Å². The molecule has 30 heavy (non-hydrogen) atoms. The number of thioether (sulfide) groups is 1. The van der Waals surface area contributed by atoms with Gasteiger partial charge in [-0.05, 0) is 30.4 Å². The van der Waals surface area contributed by atoms with Crippen molar-refractivity contribution in [2.45, 2.75) is 61.8 Å². The fraction of sp³-hybridized carbons (Fsp3) is 0.571. The second-order valence-electron chi connectivity index (χ2n) is 8.31. The van der Waals surface area contributed by atoms with E-state index in [2.05, 4.69) is 0 Å². The predicted octanol–water partition coefficient (Wildman–Crippen LogP) is 2.03. The fourth-order valence-electron chi connectivity index (χ4n) is 3.56. The van der Waals surface area contributed by atoms with E-state index in [1.54, 1.807) is 4.90 Å². The monoisotopic (exact) mass is 438 g/mol. The number of rotatable bonds is 9. The third-order valence-electron chi connectivity index (χ3n) is 5.11. The maximum atomic E-state index is 13.2. The second-order valence-corrected chi connectivity index (χ2v) is 9.56. The SMILES string of the molecule is COC(=O)[C@H]1CN(C(=O)CC(C)(C)C[C@H](N)[C@@H](O)CCC(=O)O)c2ccccc2S1. The van der Waals surface area contributed by atoms with Crippen LogP contribution in [0.2, 0.25) is 0 Å². The molecule has 8 nitrogen and oxygen atoms in total. The van der Waals surface area contributed by atoms with E-state index in [9.17, 15) is 19.5 Å². The number of carbonyl (C=O) groups is 3. The van der Waals surface area contributed by atoms with Gasteiger partial charge in [0.05, 0.1) is 18.9 Å². The smallest absolute Gasteiger partial charge is 0.321 e. The lowest BCUT2D eigenvalue weighted by Crippen LogP contribution is -2.45. The zero-order chi connectivity index (χ0) is 22.5. The summed E-state index contributed by atoms with van der Waals surface area (Å²) in [6.07, 6.45) is -0.529. The van der Waals surface area contributed by atoms with Crippen LogP contribution in [0.4, 0.5) is 5.69 Å². The number of aliphatic hydroxyl groups is 1. The van der Waals surface area contributed by atoms with Gasteiger partial charge in [0.15, 0.2) is 0 Å². The Labute approximate surface area is 180 Å². The van der Waals surface area contributed by atoms with Crippen molar-refractivity contribution in [1.82, 2.24) is 0 Å². The van der Waals surface area contributed by atoms with Crippen molar-refractivity contribution < 1.29 is 29.3 Å². The molecule has 1 amide bonds. The second kappa shape index (κ2) is 10.3. The minimum atomic E-state index is -0.988. The average molecular weight is 439 g/mol. The quantitative estimate of drug-likeness (QED) is 0.499. The van der Waals surface area contributed by atoms with Crippen LogP contribution >= 0.6 is 11.8 Å². The van der Waals surface area contributed by atoms with Gasteiger partial charge >= 0.3 is 11.9 Å². The number of ether oxygens (including phenoxy) is 1. The van der Waals surface area contributed by atoms with Gasteiger partial charge in [0.1, 0.15) is 5.25 Å². The molecule has 2 rings (SSSR count). The molecule has 1 aliphatic heterocycles. The summed E-state index contributed by atoms with van der Waals surface area (Å²) in [6, 6.07) is 6.78. The number of carbonyl (C=O) groups excluding carboxylic acids is 2. The third-order valence-corrected chi connectivity index (χ3v) is 6.33. The maximum Gasteiger partial charge on any atom is 0.321 e. The molecule has 4 N–H and O–H groups in total. The van der Waals surface area contributed by atoms with E-state index in [1.807, 2.05) is 38.1 Å². The minimum Gasteiger partial charge on any atom is -0.481 e. The van der Waals surface area contributed by atoms with Gasteiger partial charge in [0.25, 0.3) is 0 Å². The topological polar surface area (TPSA) is 130 Å². The Morgan fingerprint density at radius 1 is 1.33 bits per heavy atom. The van der Waals surface area contributed by atoms with Crippen LogP contribution in [0.3, 0.4) is 0 Å². The number of nitrogens with two attached hydrogens (primary N) is 1. The van der Waals surface area contributed by atoms with Crippen LogP contribution in [0, 0.1) is 5.41 Å². The molecule has 1 aromatic rings. The molecular formula is C21H30N2O6S. The molecule has 0 saturated carbocycles. The first-order valence-electron chi connectivity index (χ1n) is 9.83. The number of nitrogens with zero attached hydrogens (tertiary/aromatic N) is 1. The summed E-state index contributed by atoms with van der Waals surface area (Å²) in [5.41, 5.74) is 6.30. The highest BCUT2D eigenvalue weighted by atomic mass is 32.2. The maximum absolute atomic E-state index is 13.2. The molecule has 0 aliphatic carbocycles. The molecule has 9 heteroatoms. The summed E-state index contributed by atoms with van der Waals surface area (Å²) in [5, 5.41) is 18.4. The Hall–Kier alpha value is -2.10. The molecule has 0 fully saturated rings. The molecule has 1 aromatic carbocycles. The van der Waals surface area contributed by atoms with Crippen LogP contribution in [0.15, 0.2) is 29.2 Å². The number of benzene rings is 1. The number of carboxylic acids is 1. The molecule has 0 radical (unpaired) electrons. The van der Waals surface area contributed by atoms with Gasteiger partial charge in [0, 0.05) is 30.3 Å². The molecule has 0 saturated heterocycles. The van der Waals surface area contributed by atoms with Crippen molar-refractivity contribution >= 4 is 35.3 Å². The highest BCUT2D eigenvalue weighted by molar-refractivity contribution is 8.00. The lowest BCUT2D eigenvalue weighted by atomic mass is 9.80. The molecule has 1 heterocycles. The molecule has 0 spiro atoms. The highest BCUT2D eigenvalue weighted by Gasteiger charge is 2.36. The van der Waals surface area contributed by atoms with E-state index in [-0.39, 0.29) is 37.7 Å². The van der Waals surface area contributed by atoms with Crippen LogP contribution in [-0.2, 0) is 19.1 Å². The zero-order valence-electron chi connectivity index (χ0n) is 17.5. The predicted molar refractivity (Wildman–Crippen MR) is 114 cm³/mol.